The number of nitrogens with two attached hydrogens (primary N) is 1. The zero-order valence-electron chi connectivity index (χ0n) is 13.4. The molecule has 0 aliphatic carbocycles. The van der Waals surface area contributed by atoms with E-state index in [1.807, 2.05) is 4.72 Å². The van der Waals surface area contributed by atoms with Crippen molar-refractivity contribution < 1.29 is 22.4 Å². The number of aromatic nitrogens is 1. The van der Waals surface area contributed by atoms with Gasteiger partial charge in [0.05, 0.1) is 12.3 Å². The Hall–Kier alpha value is -2.85. The summed E-state index contributed by atoms with van der Waals surface area (Å²) in [5.41, 5.74) is 6.27. The van der Waals surface area contributed by atoms with Crippen molar-refractivity contribution >= 4 is 33.3 Å². The lowest BCUT2D eigenvalue weighted by molar-refractivity contribution is 0.0981. The first-order valence-corrected chi connectivity index (χ1v) is 9.84. The average molecular weight is 393 g/mol. The Bertz CT molecular complexity index is 979. The van der Waals surface area contributed by atoms with E-state index in [1.54, 1.807) is 23.6 Å². The average Bonchev–Trinajstić information content (AvgIpc) is 3.27. The molecule has 3 aromatic rings. The quantitative estimate of drug-likeness (QED) is 0.629. The van der Waals surface area contributed by atoms with Gasteiger partial charge in [-0.1, -0.05) is 6.07 Å². The van der Waals surface area contributed by atoms with Crippen LogP contribution in [0.15, 0.2) is 56.7 Å². The maximum Gasteiger partial charge on any atom is 0.292 e. The molecule has 0 fully saturated rings. The monoisotopic (exact) mass is 393 g/mol. The summed E-state index contributed by atoms with van der Waals surface area (Å²) in [6.07, 6.45) is 1.97. The summed E-state index contributed by atoms with van der Waals surface area (Å²) in [5, 5.41) is 1.62. The zero-order chi connectivity index (χ0) is 18.6. The Labute approximate surface area is 153 Å². The molecule has 1 aromatic carbocycles. The Balaban J connectivity index is 1.56. The van der Waals surface area contributed by atoms with Crippen LogP contribution in [-0.2, 0) is 16.4 Å². The Morgan fingerprint density at radius 1 is 1.27 bits per heavy atom. The lowest BCUT2D eigenvalue weighted by Gasteiger charge is -2.07. The normalized spacial score (nSPS) is 11.2. The number of hydrogen-bond acceptors (Lipinski definition) is 8. The van der Waals surface area contributed by atoms with Gasteiger partial charge in [-0.25, -0.2) is 13.1 Å². The van der Waals surface area contributed by atoms with Crippen molar-refractivity contribution in [3.05, 3.63) is 59.3 Å². The minimum Gasteiger partial charge on any atom is -0.493 e. The molecule has 0 unspecified atom stereocenters. The number of nitrogen functional groups attached to an aromatic ring is 1. The van der Waals surface area contributed by atoms with E-state index in [0.29, 0.717) is 24.5 Å². The standard InChI is InChI=1S/C16H15N3O5S2/c17-16-18-12(10-24-16)7-8-23-13-5-3-11(4-6-13)15(20)19-26(21,22)14-2-1-9-25-14/h1-6,9-10H,7-8H2,(H2,17,18)(H,19,20). The van der Waals surface area contributed by atoms with Crippen molar-refractivity contribution in [1.29, 1.82) is 0 Å². The summed E-state index contributed by atoms with van der Waals surface area (Å²) in [4.78, 5) is 16.1. The van der Waals surface area contributed by atoms with Crippen molar-refractivity contribution in [1.82, 2.24) is 9.71 Å². The third-order valence-electron chi connectivity index (χ3n) is 3.30. The molecule has 0 saturated heterocycles. The highest BCUT2D eigenvalue weighted by atomic mass is 32.2. The van der Waals surface area contributed by atoms with Crippen molar-refractivity contribution in [3.63, 3.8) is 0 Å². The van der Waals surface area contributed by atoms with Crippen molar-refractivity contribution in [2.45, 2.75) is 10.6 Å². The fraction of sp³-hybridized carbons (Fsp3) is 0.125. The fourth-order valence-electron chi connectivity index (χ4n) is 2.06. The van der Waals surface area contributed by atoms with Gasteiger partial charge in [0.2, 0.25) is 0 Å². The number of nitrogens with zero attached hydrogens (tertiary/aromatic N) is 1. The van der Waals surface area contributed by atoms with E-state index < -0.39 is 15.9 Å². The van der Waals surface area contributed by atoms with Crippen molar-refractivity contribution in [2.24, 2.45) is 0 Å². The van der Waals surface area contributed by atoms with E-state index in [0.717, 1.165) is 11.3 Å². The van der Waals surface area contributed by atoms with Gasteiger partial charge in [-0.2, -0.15) is 4.98 Å². The molecule has 0 aliphatic heterocycles. The van der Waals surface area contributed by atoms with Crippen LogP contribution in [0.1, 0.15) is 16.1 Å². The number of rotatable bonds is 7. The Kier molecular flexibility index (Phi) is 5.24. The van der Waals surface area contributed by atoms with Crippen LogP contribution in [-0.4, -0.2) is 25.9 Å². The molecule has 2 heterocycles. The molecule has 3 N–H and O–H groups in total. The van der Waals surface area contributed by atoms with E-state index in [4.69, 9.17) is 14.9 Å². The van der Waals surface area contributed by atoms with Crippen LogP contribution in [0.2, 0.25) is 0 Å². The Morgan fingerprint density at radius 2 is 2.04 bits per heavy atom. The maximum atomic E-state index is 12.1. The molecule has 8 nitrogen and oxygen atoms in total. The van der Waals surface area contributed by atoms with Crippen LogP contribution >= 0.6 is 11.3 Å². The van der Waals surface area contributed by atoms with E-state index in [1.165, 1.54) is 24.5 Å². The van der Waals surface area contributed by atoms with Crippen LogP contribution in [0.4, 0.5) is 6.01 Å². The molecule has 26 heavy (non-hydrogen) atoms. The van der Waals surface area contributed by atoms with Crippen LogP contribution in [0, 0.1) is 0 Å². The number of hydrogen-bond donors (Lipinski definition) is 2. The van der Waals surface area contributed by atoms with Gasteiger partial charge in [0.15, 0.2) is 0 Å². The number of thiophene rings is 1. The van der Waals surface area contributed by atoms with Crippen LogP contribution in [0.25, 0.3) is 0 Å². The van der Waals surface area contributed by atoms with Gasteiger partial charge in [0.1, 0.15) is 16.2 Å². The molecule has 0 atom stereocenters. The van der Waals surface area contributed by atoms with Crippen LogP contribution < -0.4 is 15.2 Å². The topological polar surface area (TPSA) is 125 Å². The number of carbonyl (C=O) groups excluding carboxylic acids is 1. The number of nitrogens with one attached hydrogen (secondary N) is 1. The third kappa shape index (κ3) is 4.41. The van der Waals surface area contributed by atoms with Crippen molar-refractivity contribution in [2.75, 3.05) is 12.3 Å². The summed E-state index contributed by atoms with van der Waals surface area (Å²) in [6, 6.07) is 9.29. The van der Waals surface area contributed by atoms with Crippen molar-refractivity contribution in [3.8, 4) is 5.75 Å². The number of oxazole rings is 1. The largest absolute Gasteiger partial charge is 0.493 e. The molecular formula is C16H15N3O5S2. The molecule has 0 spiro atoms. The summed E-state index contributed by atoms with van der Waals surface area (Å²) in [5.74, 6) is -0.165. The lowest BCUT2D eigenvalue weighted by atomic mass is 10.2. The predicted molar refractivity (Wildman–Crippen MR) is 95.5 cm³/mol. The number of amides is 1. The van der Waals surface area contributed by atoms with Gasteiger partial charge in [-0.3, -0.25) is 4.79 Å². The molecule has 3 rings (SSSR count). The molecule has 1 amide bonds. The second-order valence-corrected chi connectivity index (χ2v) is 8.02. The first-order valence-electron chi connectivity index (χ1n) is 7.47. The SMILES string of the molecule is Nc1nc(CCOc2ccc(C(=O)NS(=O)(=O)c3cccs3)cc2)co1. The number of carbonyl (C=O) groups is 1. The Morgan fingerprint density at radius 3 is 2.65 bits per heavy atom. The number of anilines is 1. The molecule has 0 aliphatic rings. The highest BCUT2D eigenvalue weighted by molar-refractivity contribution is 7.92. The van der Waals surface area contributed by atoms with Gasteiger partial charge in [-0.05, 0) is 35.7 Å². The number of ether oxygens (including phenoxy) is 1. The highest BCUT2D eigenvalue weighted by Crippen LogP contribution is 2.17. The minimum atomic E-state index is -3.86. The van der Waals surface area contributed by atoms with E-state index in [2.05, 4.69) is 4.98 Å². The summed E-state index contributed by atoms with van der Waals surface area (Å²) < 4.78 is 36.7. The first-order chi connectivity index (χ1) is 12.4. The molecular weight excluding hydrogens is 378 g/mol. The fourth-order valence-corrected chi connectivity index (χ4v) is 4.03. The molecule has 0 bridgehead atoms. The molecule has 136 valence electrons. The van der Waals surface area contributed by atoms with Crippen LogP contribution in [0.5, 0.6) is 5.75 Å². The van der Waals surface area contributed by atoms with Gasteiger partial charge in [0, 0.05) is 12.0 Å². The van der Waals surface area contributed by atoms with Gasteiger partial charge >= 0.3 is 0 Å². The number of benzene rings is 1. The summed E-state index contributed by atoms with van der Waals surface area (Å²) >= 11 is 1.04. The lowest BCUT2D eigenvalue weighted by Crippen LogP contribution is -2.29. The van der Waals surface area contributed by atoms with E-state index >= 15 is 0 Å². The predicted octanol–water partition coefficient (Wildman–Crippen LogP) is 2.06. The third-order valence-corrected chi connectivity index (χ3v) is 6.03. The summed E-state index contributed by atoms with van der Waals surface area (Å²) in [6.45, 7) is 0.351. The molecule has 2 aromatic heterocycles. The second-order valence-electron chi connectivity index (χ2n) is 5.17. The number of sulfonamides is 1. The zero-order valence-corrected chi connectivity index (χ0v) is 15.0. The molecule has 10 heteroatoms. The second kappa shape index (κ2) is 7.58. The van der Waals surface area contributed by atoms with Gasteiger partial charge in [0.25, 0.3) is 21.9 Å². The van der Waals surface area contributed by atoms with Crippen LogP contribution in [0.3, 0.4) is 0 Å². The highest BCUT2D eigenvalue weighted by Gasteiger charge is 2.19. The van der Waals surface area contributed by atoms with E-state index in [9.17, 15) is 13.2 Å². The molecule has 0 radical (unpaired) electrons. The minimum absolute atomic E-state index is 0.0827. The van der Waals surface area contributed by atoms with Gasteiger partial charge < -0.3 is 14.9 Å². The summed E-state index contributed by atoms with van der Waals surface area (Å²) in [7, 11) is -3.86. The molecule has 0 saturated carbocycles. The maximum absolute atomic E-state index is 12.1. The smallest absolute Gasteiger partial charge is 0.292 e. The van der Waals surface area contributed by atoms with Gasteiger partial charge in [-0.15, -0.1) is 11.3 Å². The van der Waals surface area contributed by atoms with E-state index in [-0.39, 0.29) is 15.8 Å². The first kappa shape index (κ1) is 18.0.